The first kappa shape index (κ1) is 19.4. The summed E-state index contributed by atoms with van der Waals surface area (Å²) < 4.78 is 6.00. The summed E-state index contributed by atoms with van der Waals surface area (Å²) in [5.41, 5.74) is 7.06. The largest absolute Gasteiger partial charge is 0.376 e. The van der Waals surface area contributed by atoms with Crippen LogP contribution in [0.2, 0.25) is 5.02 Å². The van der Waals surface area contributed by atoms with Gasteiger partial charge in [-0.1, -0.05) is 23.7 Å². The summed E-state index contributed by atoms with van der Waals surface area (Å²) in [6.07, 6.45) is 5.24. The normalized spacial score (nSPS) is 24.4. The fourth-order valence-electron chi connectivity index (χ4n) is 4.35. The van der Waals surface area contributed by atoms with E-state index in [1.54, 1.807) is 6.20 Å². The third kappa shape index (κ3) is 4.57. The maximum Gasteiger partial charge on any atom is 0.221 e. The van der Waals surface area contributed by atoms with Crippen LogP contribution in [0.15, 0.2) is 36.5 Å². The SMILES string of the molecule is C[C@H]1CN(C2CCN(c3ccnc(N)n3)CC2)[C@@H](Cc2ccc(Cl)cc2)CO1. The molecule has 2 atom stereocenters. The minimum atomic E-state index is 0.279. The van der Waals surface area contributed by atoms with Crippen LogP contribution < -0.4 is 10.6 Å². The Kier molecular flexibility index (Phi) is 5.99. The Hall–Kier alpha value is -1.89. The zero-order chi connectivity index (χ0) is 19.5. The zero-order valence-corrected chi connectivity index (χ0v) is 17.1. The van der Waals surface area contributed by atoms with Crippen molar-refractivity contribution in [1.29, 1.82) is 0 Å². The Morgan fingerprint density at radius 3 is 2.64 bits per heavy atom. The van der Waals surface area contributed by atoms with Crippen LogP contribution in [0.4, 0.5) is 11.8 Å². The maximum atomic E-state index is 6.04. The Balaban J connectivity index is 1.41. The predicted octanol–water partition coefficient (Wildman–Crippen LogP) is 3.01. The molecule has 2 aliphatic rings. The highest BCUT2D eigenvalue weighted by molar-refractivity contribution is 6.30. The molecule has 6 nitrogen and oxygen atoms in total. The average molecular weight is 402 g/mol. The van der Waals surface area contributed by atoms with Crippen molar-refractivity contribution in [2.45, 2.75) is 44.4 Å². The summed E-state index contributed by atoms with van der Waals surface area (Å²) >= 11 is 6.04. The van der Waals surface area contributed by atoms with E-state index in [9.17, 15) is 0 Å². The van der Waals surface area contributed by atoms with Crippen LogP contribution >= 0.6 is 11.6 Å². The minimum absolute atomic E-state index is 0.279. The standard InChI is InChI=1S/C21H28ClN5O/c1-15-13-27(19(14-28-15)12-16-2-4-17(22)5-3-16)18-7-10-26(11-8-18)20-6-9-24-21(23)25-20/h2-6,9,15,18-19H,7-8,10-14H2,1H3,(H2,23,24,25)/t15-,19-/m0/s1. The minimum Gasteiger partial charge on any atom is -0.376 e. The predicted molar refractivity (Wildman–Crippen MR) is 113 cm³/mol. The van der Waals surface area contributed by atoms with Crippen LogP contribution in [-0.4, -0.2) is 59.3 Å². The second-order valence-electron chi connectivity index (χ2n) is 7.82. The summed E-state index contributed by atoms with van der Waals surface area (Å²) in [7, 11) is 0. The molecule has 2 aromatic rings. The number of anilines is 2. The fourth-order valence-corrected chi connectivity index (χ4v) is 4.48. The van der Waals surface area contributed by atoms with E-state index in [1.807, 2.05) is 18.2 Å². The van der Waals surface area contributed by atoms with Crippen molar-refractivity contribution < 1.29 is 4.74 Å². The summed E-state index contributed by atoms with van der Waals surface area (Å²) in [5, 5.41) is 0.784. The van der Waals surface area contributed by atoms with Gasteiger partial charge in [-0.2, -0.15) is 4.98 Å². The number of benzene rings is 1. The third-order valence-corrected chi connectivity index (χ3v) is 6.06. The number of rotatable bonds is 4. The van der Waals surface area contributed by atoms with Gasteiger partial charge in [0.1, 0.15) is 5.82 Å². The van der Waals surface area contributed by atoms with Crippen LogP contribution in [0, 0.1) is 0 Å². The lowest BCUT2D eigenvalue weighted by Crippen LogP contribution is -2.56. The molecule has 28 heavy (non-hydrogen) atoms. The first-order chi connectivity index (χ1) is 13.6. The van der Waals surface area contributed by atoms with Gasteiger partial charge in [-0.3, -0.25) is 4.90 Å². The lowest BCUT2D eigenvalue weighted by Gasteiger charge is -2.46. The van der Waals surface area contributed by atoms with Gasteiger partial charge >= 0.3 is 0 Å². The van der Waals surface area contributed by atoms with Crippen molar-refractivity contribution in [1.82, 2.24) is 14.9 Å². The van der Waals surface area contributed by atoms with E-state index in [-0.39, 0.29) is 6.10 Å². The van der Waals surface area contributed by atoms with Gasteiger partial charge in [0.25, 0.3) is 0 Å². The smallest absolute Gasteiger partial charge is 0.221 e. The number of ether oxygens (including phenoxy) is 1. The number of halogens is 1. The molecule has 2 N–H and O–H groups in total. The molecule has 0 spiro atoms. The highest BCUT2D eigenvalue weighted by Gasteiger charge is 2.34. The summed E-state index contributed by atoms with van der Waals surface area (Å²) in [4.78, 5) is 13.4. The summed E-state index contributed by atoms with van der Waals surface area (Å²) in [6.45, 7) is 5.92. The van der Waals surface area contributed by atoms with Crippen molar-refractivity contribution in [3.63, 3.8) is 0 Å². The lowest BCUT2D eigenvalue weighted by molar-refractivity contribution is -0.0745. The molecule has 0 unspecified atom stereocenters. The van der Waals surface area contributed by atoms with Gasteiger partial charge in [-0.25, -0.2) is 4.98 Å². The molecule has 4 rings (SSSR count). The molecule has 0 amide bonds. The van der Waals surface area contributed by atoms with Crippen molar-refractivity contribution in [2.24, 2.45) is 0 Å². The molecule has 2 aliphatic heterocycles. The second-order valence-corrected chi connectivity index (χ2v) is 8.25. The molecule has 3 heterocycles. The lowest BCUT2D eigenvalue weighted by atomic mass is 9.96. The van der Waals surface area contributed by atoms with E-state index >= 15 is 0 Å². The first-order valence-electron chi connectivity index (χ1n) is 10.0. The van der Waals surface area contributed by atoms with Gasteiger partial charge in [0, 0.05) is 42.9 Å². The van der Waals surface area contributed by atoms with Crippen molar-refractivity contribution in [3.8, 4) is 0 Å². The molecule has 2 saturated heterocycles. The summed E-state index contributed by atoms with van der Waals surface area (Å²) in [5.74, 6) is 1.27. The Morgan fingerprint density at radius 2 is 1.93 bits per heavy atom. The van der Waals surface area contributed by atoms with Crippen LogP contribution in [0.3, 0.4) is 0 Å². The molecule has 0 aliphatic carbocycles. The zero-order valence-electron chi connectivity index (χ0n) is 16.3. The number of nitrogen functional groups attached to an aromatic ring is 1. The quantitative estimate of drug-likeness (QED) is 0.849. The number of nitrogens with zero attached hydrogens (tertiary/aromatic N) is 4. The van der Waals surface area contributed by atoms with E-state index in [4.69, 9.17) is 22.1 Å². The average Bonchev–Trinajstić information content (AvgIpc) is 2.71. The maximum absolute atomic E-state index is 6.04. The van der Waals surface area contributed by atoms with Gasteiger partial charge in [-0.05, 0) is 49.9 Å². The van der Waals surface area contributed by atoms with Gasteiger partial charge in [0.2, 0.25) is 5.95 Å². The van der Waals surface area contributed by atoms with E-state index in [2.05, 4.69) is 38.8 Å². The number of hydrogen-bond donors (Lipinski definition) is 1. The molecular formula is C21H28ClN5O. The van der Waals surface area contributed by atoms with E-state index in [0.717, 1.165) is 56.3 Å². The Morgan fingerprint density at radius 1 is 1.18 bits per heavy atom. The number of hydrogen-bond acceptors (Lipinski definition) is 6. The molecule has 1 aromatic heterocycles. The number of aromatic nitrogens is 2. The molecule has 0 saturated carbocycles. The molecule has 1 aromatic carbocycles. The second kappa shape index (κ2) is 8.64. The van der Waals surface area contributed by atoms with E-state index in [0.29, 0.717) is 18.0 Å². The number of morpholine rings is 1. The fraction of sp³-hybridized carbons (Fsp3) is 0.524. The van der Waals surface area contributed by atoms with Gasteiger partial charge in [0.05, 0.1) is 12.7 Å². The van der Waals surface area contributed by atoms with Gasteiger partial charge in [-0.15, -0.1) is 0 Å². The number of nitrogens with two attached hydrogens (primary N) is 1. The Labute approximate surface area is 171 Å². The van der Waals surface area contributed by atoms with Crippen molar-refractivity contribution in [2.75, 3.05) is 36.9 Å². The summed E-state index contributed by atoms with van der Waals surface area (Å²) in [6, 6.07) is 11.1. The van der Waals surface area contributed by atoms with Crippen LogP contribution in [0.1, 0.15) is 25.3 Å². The van der Waals surface area contributed by atoms with Crippen molar-refractivity contribution in [3.05, 3.63) is 47.1 Å². The monoisotopic (exact) mass is 401 g/mol. The van der Waals surface area contributed by atoms with Crippen LogP contribution in [0.25, 0.3) is 0 Å². The van der Waals surface area contributed by atoms with Gasteiger partial charge in [0.15, 0.2) is 0 Å². The topological polar surface area (TPSA) is 67.5 Å². The van der Waals surface area contributed by atoms with E-state index in [1.165, 1.54) is 5.56 Å². The molecule has 7 heteroatoms. The molecule has 150 valence electrons. The van der Waals surface area contributed by atoms with Crippen LogP contribution in [0.5, 0.6) is 0 Å². The molecule has 0 bridgehead atoms. The van der Waals surface area contributed by atoms with E-state index < -0.39 is 0 Å². The molecule has 0 radical (unpaired) electrons. The highest BCUT2D eigenvalue weighted by atomic mass is 35.5. The van der Waals surface area contributed by atoms with Gasteiger partial charge < -0.3 is 15.4 Å². The number of piperidine rings is 1. The third-order valence-electron chi connectivity index (χ3n) is 5.81. The van der Waals surface area contributed by atoms with Crippen LogP contribution in [-0.2, 0) is 11.2 Å². The van der Waals surface area contributed by atoms with Crippen molar-refractivity contribution >= 4 is 23.4 Å². The highest BCUT2D eigenvalue weighted by Crippen LogP contribution is 2.27. The molecular weight excluding hydrogens is 374 g/mol. The first-order valence-corrected chi connectivity index (χ1v) is 10.4. The Bertz CT molecular complexity index is 779. The molecule has 2 fully saturated rings.